The highest BCUT2D eigenvalue weighted by Crippen LogP contribution is 2.31. The lowest BCUT2D eigenvalue weighted by Crippen LogP contribution is -2.39. The van der Waals surface area contributed by atoms with Crippen molar-refractivity contribution in [2.45, 2.75) is 51.4 Å². The molecule has 1 aliphatic rings. The van der Waals surface area contributed by atoms with Crippen LogP contribution >= 0.6 is 23.2 Å². The molecule has 1 aliphatic heterocycles. The Kier molecular flexibility index (Phi) is 11.1. The van der Waals surface area contributed by atoms with E-state index in [0.29, 0.717) is 35.0 Å². The van der Waals surface area contributed by atoms with Crippen molar-refractivity contribution in [2.75, 3.05) is 33.4 Å². The van der Waals surface area contributed by atoms with Crippen molar-refractivity contribution >= 4 is 35.2 Å². The fourth-order valence-electron chi connectivity index (χ4n) is 4.59. The van der Waals surface area contributed by atoms with Gasteiger partial charge in [-0.25, -0.2) is 4.79 Å². The number of benzene rings is 2. The van der Waals surface area contributed by atoms with Gasteiger partial charge in [0.2, 0.25) is 0 Å². The molecule has 3 rings (SSSR count). The van der Waals surface area contributed by atoms with Gasteiger partial charge in [0.25, 0.3) is 0 Å². The van der Waals surface area contributed by atoms with Crippen LogP contribution in [0.4, 0.5) is 0 Å². The van der Waals surface area contributed by atoms with Gasteiger partial charge in [-0.15, -0.1) is 0 Å². The number of carbonyl (C=O) groups is 1. The monoisotopic (exact) mass is 535 g/mol. The first-order chi connectivity index (χ1) is 17.3. The van der Waals surface area contributed by atoms with E-state index in [1.165, 1.54) is 6.08 Å². The van der Waals surface area contributed by atoms with Crippen molar-refractivity contribution < 1.29 is 24.1 Å². The number of aliphatic hydroxyl groups excluding tert-OH is 1. The maximum Gasteiger partial charge on any atom is 0.330 e. The van der Waals surface area contributed by atoms with Crippen LogP contribution in [0.5, 0.6) is 5.75 Å². The Hall–Kier alpha value is -2.09. The van der Waals surface area contributed by atoms with Gasteiger partial charge in [0.05, 0.1) is 42.6 Å². The standard InChI is InChI=1S/C28H35Cl2NO5/c1-4-35-28(33)13-11-24-23(8-5-9-27(24)34-3)19(2)36-18-22(32)17-31-14-6-7-21(31)15-20-10-12-25(29)26(30)16-20/h5,8-13,16,19,21-22,32H,4,6-7,14-15,17-18H2,1-3H3/t19-,21+,22-/m1/s1. The minimum absolute atomic E-state index is 0.190. The largest absolute Gasteiger partial charge is 0.496 e. The van der Waals surface area contributed by atoms with Crippen molar-refractivity contribution in [3.8, 4) is 5.75 Å². The highest BCUT2D eigenvalue weighted by atomic mass is 35.5. The highest BCUT2D eigenvalue weighted by Gasteiger charge is 2.27. The van der Waals surface area contributed by atoms with Crippen LogP contribution in [-0.4, -0.2) is 61.5 Å². The molecule has 1 saturated heterocycles. The molecule has 0 saturated carbocycles. The van der Waals surface area contributed by atoms with Gasteiger partial charge < -0.3 is 19.3 Å². The number of ether oxygens (including phenoxy) is 3. The molecule has 8 heteroatoms. The number of methoxy groups -OCH3 is 1. The van der Waals surface area contributed by atoms with E-state index in [9.17, 15) is 9.90 Å². The molecule has 1 heterocycles. The third kappa shape index (κ3) is 7.95. The number of likely N-dealkylation sites (tertiary alicyclic amines) is 1. The first kappa shape index (κ1) is 28.5. The van der Waals surface area contributed by atoms with Crippen LogP contribution in [0, 0.1) is 0 Å². The van der Waals surface area contributed by atoms with Gasteiger partial charge in [-0.2, -0.15) is 0 Å². The summed E-state index contributed by atoms with van der Waals surface area (Å²) in [6.45, 7) is 5.66. The summed E-state index contributed by atoms with van der Waals surface area (Å²) in [5, 5.41) is 11.9. The number of carbonyl (C=O) groups excluding carboxylic acids is 1. The Bertz CT molecular complexity index is 1040. The van der Waals surface area contributed by atoms with Crippen LogP contribution in [0.25, 0.3) is 6.08 Å². The van der Waals surface area contributed by atoms with E-state index >= 15 is 0 Å². The van der Waals surface area contributed by atoms with Gasteiger partial charge in [0, 0.05) is 24.2 Å². The van der Waals surface area contributed by atoms with Crippen molar-refractivity contribution in [1.82, 2.24) is 4.90 Å². The smallest absolute Gasteiger partial charge is 0.330 e. The highest BCUT2D eigenvalue weighted by molar-refractivity contribution is 6.42. The summed E-state index contributed by atoms with van der Waals surface area (Å²) in [5.41, 5.74) is 2.75. The minimum Gasteiger partial charge on any atom is -0.496 e. The molecule has 2 aromatic carbocycles. The van der Waals surface area contributed by atoms with E-state index in [-0.39, 0.29) is 12.7 Å². The number of aliphatic hydroxyl groups is 1. The molecule has 2 aromatic rings. The minimum atomic E-state index is -0.633. The summed E-state index contributed by atoms with van der Waals surface area (Å²) < 4.78 is 16.5. The molecular formula is C28H35Cl2NO5. The molecule has 36 heavy (non-hydrogen) atoms. The maximum atomic E-state index is 11.8. The second-order valence-corrected chi connectivity index (χ2v) is 9.74. The molecule has 1 fully saturated rings. The van der Waals surface area contributed by atoms with E-state index in [1.807, 2.05) is 43.3 Å². The van der Waals surface area contributed by atoms with Crippen LogP contribution in [0.2, 0.25) is 10.0 Å². The SMILES string of the molecule is CCOC(=O)C=Cc1c(OC)cccc1[C@@H](C)OC[C@H](O)CN1CCC[C@H]1Cc1ccc(Cl)c(Cl)c1. The molecule has 6 nitrogen and oxygen atoms in total. The summed E-state index contributed by atoms with van der Waals surface area (Å²) >= 11 is 12.2. The number of β-amino-alcohol motifs (C(OH)–C–C–N with tert-alkyl or cyclic N) is 1. The Balaban J connectivity index is 1.59. The van der Waals surface area contributed by atoms with Crippen LogP contribution < -0.4 is 4.74 Å². The zero-order chi connectivity index (χ0) is 26.1. The average molecular weight is 536 g/mol. The van der Waals surface area contributed by atoms with Crippen LogP contribution in [0.15, 0.2) is 42.5 Å². The zero-order valence-electron chi connectivity index (χ0n) is 21.1. The summed E-state index contributed by atoms with van der Waals surface area (Å²) in [7, 11) is 1.58. The summed E-state index contributed by atoms with van der Waals surface area (Å²) in [6, 6.07) is 11.7. The van der Waals surface area contributed by atoms with Crippen molar-refractivity contribution in [3.05, 3.63) is 69.2 Å². The summed E-state index contributed by atoms with van der Waals surface area (Å²) in [6.07, 6.45) is 5.14. The third-order valence-electron chi connectivity index (χ3n) is 6.37. The molecule has 0 unspecified atom stereocenters. The van der Waals surface area contributed by atoms with E-state index in [4.69, 9.17) is 37.4 Å². The quantitative estimate of drug-likeness (QED) is 0.276. The lowest BCUT2D eigenvalue weighted by Gasteiger charge is -2.28. The summed E-state index contributed by atoms with van der Waals surface area (Å²) in [4.78, 5) is 14.1. The second-order valence-electron chi connectivity index (χ2n) is 8.92. The van der Waals surface area contributed by atoms with Gasteiger partial charge in [-0.1, -0.05) is 41.4 Å². The van der Waals surface area contributed by atoms with Crippen LogP contribution in [-0.2, 0) is 20.7 Å². The molecule has 0 spiro atoms. The number of hydrogen-bond donors (Lipinski definition) is 1. The lowest BCUT2D eigenvalue weighted by molar-refractivity contribution is -0.137. The van der Waals surface area contributed by atoms with E-state index in [0.717, 1.165) is 42.5 Å². The fraction of sp³-hybridized carbons (Fsp3) is 0.464. The molecule has 0 amide bonds. The Morgan fingerprint density at radius 1 is 1.25 bits per heavy atom. The number of nitrogens with zero attached hydrogens (tertiary/aromatic N) is 1. The van der Waals surface area contributed by atoms with Gasteiger partial charge in [-0.05, 0) is 75.1 Å². The predicted octanol–water partition coefficient (Wildman–Crippen LogP) is 5.72. The number of esters is 1. The van der Waals surface area contributed by atoms with Gasteiger partial charge in [0.1, 0.15) is 5.75 Å². The van der Waals surface area contributed by atoms with Crippen molar-refractivity contribution in [3.63, 3.8) is 0 Å². The van der Waals surface area contributed by atoms with Crippen molar-refractivity contribution in [2.24, 2.45) is 0 Å². The second kappa shape index (κ2) is 14.0. The van der Waals surface area contributed by atoms with E-state index in [2.05, 4.69) is 4.90 Å². The number of rotatable bonds is 12. The Labute approximate surface area is 223 Å². The Morgan fingerprint density at radius 2 is 2.06 bits per heavy atom. The average Bonchev–Trinajstić information content (AvgIpc) is 3.29. The first-order valence-electron chi connectivity index (χ1n) is 12.3. The fourth-order valence-corrected chi connectivity index (χ4v) is 4.91. The van der Waals surface area contributed by atoms with Gasteiger partial charge >= 0.3 is 5.97 Å². The van der Waals surface area contributed by atoms with E-state index < -0.39 is 12.1 Å². The lowest BCUT2D eigenvalue weighted by atomic mass is 10.0. The first-order valence-corrected chi connectivity index (χ1v) is 13.1. The van der Waals surface area contributed by atoms with Gasteiger partial charge in [-0.3, -0.25) is 4.90 Å². The van der Waals surface area contributed by atoms with Crippen molar-refractivity contribution in [1.29, 1.82) is 0 Å². The van der Waals surface area contributed by atoms with Crippen LogP contribution in [0.1, 0.15) is 49.5 Å². The molecule has 1 N–H and O–H groups in total. The molecular weight excluding hydrogens is 501 g/mol. The van der Waals surface area contributed by atoms with E-state index in [1.54, 1.807) is 20.1 Å². The molecule has 0 radical (unpaired) electrons. The third-order valence-corrected chi connectivity index (χ3v) is 7.11. The predicted molar refractivity (Wildman–Crippen MR) is 144 cm³/mol. The molecule has 196 valence electrons. The van der Waals surface area contributed by atoms with Crippen LogP contribution in [0.3, 0.4) is 0 Å². The maximum absolute atomic E-state index is 11.8. The Morgan fingerprint density at radius 3 is 2.78 bits per heavy atom. The summed E-state index contributed by atoms with van der Waals surface area (Å²) in [5.74, 6) is 0.214. The number of hydrogen-bond acceptors (Lipinski definition) is 6. The molecule has 3 atom stereocenters. The number of halogens is 2. The topological polar surface area (TPSA) is 68.2 Å². The molecule has 0 aromatic heterocycles. The zero-order valence-corrected chi connectivity index (χ0v) is 22.6. The normalized spacial score (nSPS) is 17.9. The van der Waals surface area contributed by atoms with Gasteiger partial charge in [0.15, 0.2) is 0 Å². The molecule has 0 aliphatic carbocycles. The molecule has 0 bridgehead atoms.